The van der Waals surface area contributed by atoms with Gasteiger partial charge < -0.3 is 4.84 Å². The fourth-order valence-electron chi connectivity index (χ4n) is 1.45. The summed E-state index contributed by atoms with van der Waals surface area (Å²) in [5.41, 5.74) is 0.712. The van der Waals surface area contributed by atoms with Gasteiger partial charge in [-0.25, -0.2) is 0 Å². The summed E-state index contributed by atoms with van der Waals surface area (Å²) >= 11 is 0. The van der Waals surface area contributed by atoms with Crippen molar-refractivity contribution in [3.63, 3.8) is 0 Å². The number of hydrogen-bond acceptors (Lipinski definition) is 2. The average molecular weight is 227 g/mol. The largest absolute Gasteiger partial charge is 0.372 e. The van der Waals surface area contributed by atoms with E-state index in [0.29, 0.717) is 11.4 Å². The normalized spacial score (nSPS) is 9.71. The molecule has 0 unspecified atom stereocenters. The summed E-state index contributed by atoms with van der Waals surface area (Å²) in [4.78, 5) is 17.1. The Bertz CT molecular complexity index is 482. The zero-order valence-corrected chi connectivity index (χ0v) is 9.54. The molecule has 0 atom stereocenters. The number of carbonyl (C=O) groups excluding carboxylic acids is 1. The van der Waals surface area contributed by atoms with E-state index in [1.54, 1.807) is 12.1 Å². The predicted octanol–water partition coefficient (Wildman–Crippen LogP) is 3.03. The van der Waals surface area contributed by atoms with Crippen molar-refractivity contribution in [1.82, 2.24) is 0 Å². The summed E-state index contributed by atoms with van der Waals surface area (Å²) in [6.45, 7) is 1.47. The summed E-state index contributed by atoms with van der Waals surface area (Å²) in [5, 5.41) is 1.27. The highest BCUT2D eigenvalue weighted by atomic mass is 16.7. The summed E-state index contributed by atoms with van der Waals surface area (Å²) in [7, 11) is 0. The Balaban J connectivity index is 2.23. The third-order valence-electron chi connectivity index (χ3n) is 2.22. The van der Waals surface area contributed by atoms with Crippen molar-refractivity contribution in [2.75, 3.05) is 5.06 Å². The number of hydrogen-bond donors (Lipinski definition) is 0. The molecule has 3 heteroatoms. The Morgan fingerprint density at radius 2 is 1.47 bits per heavy atom. The Morgan fingerprint density at radius 1 is 0.941 bits per heavy atom. The Hall–Kier alpha value is -2.29. The summed E-state index contributed by atoms with van der Waals surface area (Å²) in [5.74, 6) is 0.464. The van der Waals surface area contributed by atoms with Gasteiger partial charge in [0.1, 0.15) is 0 Å². The van der Waals surface area contributed by atoms with Crippen LogP contribution < -0.4 is 9.90 Å². The van der Waals surface area contributed by atoms with Crippen LogP contribution in [0.15, 0.2) is 60.7 Å². The molecule has 0 aliphatic heterocycles. The number of amides is 1. The Morgan fingerprint density at radius 3 is 2.00 bits per heavy atom. The van der Waals surface area contributed by atoms with Gasteiger partial charge in [0.05, 0.1) is 5.69 Å². The third-order valence-corrected chi connectivity index (χ3v) is 2.22. The number of para-hydroxylation sites is 2. The molecule has 0 bridgehead atoms. The van der Waals surface area contributed by atoms with Crippen LogP contribution in [0.1, 0.15) is 6.92 Å². The van der Waals surface area contributed by atoms with E-state index in [2.05, 4.69) is 0 Å². The summed E-state index contributed by atoms with van der Waals surface area (Å²) in [6, 6.07) is 18.5. The van der Waals surface area contributed by atoms with Crippen molar-refractivity contribution < 1.29 is 9.63 Å². The Kier molecular flexibility index (Phi) is 3.40. The van der Waals surface area contributed by atoms with E-state index in [4.69, 9.17) is 4.84 Å². The van der Waals surface area contributed by atoms with Crippen molar-refractivity contribution in [1.29, 1.82) is 0 Å². The first-order chi connectivity index (χ1) is 8.27. The predicted molar refractivity (Wildman–Crippen MR) is 66.7 cm³/mol. The van der Waals surface area contributed by atoms with Gasteiger partial charge >= 0.3 is 0 Å². The molecule has 0 fully saturated rings. The van der Waals surface area contributed by atoms with Gasteiger partial charge in [0, 0.05) is 6.92 Å². The molecule has 3 nitrogen and oxygen atoms in total. The van der Waals surface area contributed by atoms with E-state index in [9.17, 15) is 4.79 Å². The molecular formula is C14H13NO2. The molecule has 86 valence electrons. The highest BCUT2D eigenvalue weighted by Gasteiger charge is 2.12. The van der Waals surface area contributed by atoms with Gasteiger partial charge in [0.2, 0.25) is 0 Å². The number of carbonyl (C=O) groups is 1. The molecule has 0 heterocycles. The van der Waals surface area contributed by atoms with Crippen molar-refractivity contribution in [3.8, 4) is 5.75 Å². The lowest BCUT2D eigenvalue weighted by Gasteiger charge is -2.20. The molecule has 0 aliphatic rings. The van der Waals surface area contributed by atoms with E-state index >= 15 is 0 Å². The fraction of sp³-hybridized carbons (Fsp3) is 0.0714. The smallest absolute Gasteiger partial charge is 0.256 e. The van der Waals surface area contributed by atoms with Crippen LogP contribution >= 0.6 is 0 Å². The van der Waals surface area contributed by atoms with Gasteiger partial charge in [0.15, 0.2) is 5.75 Å². The quantitative estimate of drug-likeness (QED) is 0.754. The Labute approximate surface area is 100 Å². The molecule has 0 spiro atoms. The molecule has 0 saturated heterocycles. The molecular weight excluding hydrogens is 214 g/mol. The van der Waals surface area contributed by atoms with Gasteiger partial charge in [-0.3, -0.25) is 4.79 Å². The molecule has 2 aromatic rings. The van der Waals surface area contributed by atoms with Crippen molar-refractivity contribution in [2.45, 2.75) is 6.92 Å². The van der Waals surface area contributed by atoms with Crippen molar-refractivity contribution >= 4 is 11.6 Å². The number of nitrogens with zero attached hydrogens (tertiary/aromatic N) is 1. The highest BCUT2D eigenvalue weighted by Crippen LogP contribution is 2.18. The minimum atomic E-state index is -0.167. The topological polar surface area (TPSA) is 29.5 Å². The first-order valence-corrected chi connectivity index (χ1v) is 5.36. The second-order valence-electron chi connectivity index (χ2n) is 3.55. The summed E-state index contributed by atoms with van der Waals surface area (Å²) in [6.07, 6.45) is 0. The number of hydroxylamine groups is 1. The van der Waals surface area contributed by atoms with Crippen LogP contribution in [0, 0.1) is 0 Å². The SMILES string of the molecule is CC(=O)N(Oc1ccccc1)c1ccccc1. The van der Waals surface area contributed by atoms with Gasteiger partial charge in [-0.2, -0.15) is 0 Å². The van der Waals surface area contributed by atoms with Gasteiger partial charge in [-0.05, 0) is 24.3 Å². The van der Waals surface area contributed by atoms with Crippen LogP contribution in [0.25, 0.3) is 0 Å². The van der Waals surface area contributed by atoms with E-state index in [-0.39, 0.29) is 5.91 Å². The molecule has 0 aliphatic carbocycles. The molecule has 0 radical (unpaired) electrons. The maximum Gasteiger partial charge on any atom is 0.256 e. The van der Waals surface area contributed by atoms with E-state index < -0.39 is 0 Å². The monoisotopic (exact) mass is 227 g/mol. The van der Waals surface area contributed by atoms with Gasteiger partial charge in [0.25, 0.3) is 5.91 Å². The van der Waals surface area contributed by atoms with Gasteiger partial charge in [-0.15, -0.1) is 5.06 Å². The lowest BCUT2D eigenvalue weighted by Crippen LogP contribution is -2.31. The lowest BCUT2D eigenvalue weighted by molar-refractivity contribution is -0.120. The zero-order chi connectivity index (χ0) is 12.1. The fourth-order valence-corrected chi connectivity index (χ4v) is 1.45. The standard InChI is InChI=1S/C14H13NO2/c1-12(16)15(13-8-4-2-5-9-13)17-14-10-6-3-7-11-14/h2-11H,1H3. The molecule has 2 rings (SSSR count). The maximum absolute atomic E-state index is 11.5. The lowest BCUT2D eigenvalue weighted by atomic mass is 10.3. The average Bonchev–Trinajstić information content (AvgIpc) is 2.38. The van der Waals surface area contributed by atoms with Crippen LogP contribution in [-0.4, -0.2) is 5.91 Å². The summed E-state index contributed by atoms with van der Waals surface area (Å²) < 4.78 is 0. The molecule has 0 N–H and O–H groups in total. The van der Waals surface area contributed by atoms with Crippen LogP contribution in [0.2, 0.25) is 0 Å². The van der Waals surface area contributed by atoms with Gasteiger partial charge in [-0.1, -0.05) is 36.4 Å². The highest BCUT2D eigenvalue weighted by molar-refractivity contribution is 5.89. The second kappa shape index (κ2) is 5.16. The third kappa shape index (κ3) is 2.84. The van der Waals surface area contributed by atoms with E-state index in [1.807, 2.05) is 48.5 Å². The molecule has 0 saturated carbocycles. The van der Waals surface area contributed by atoms with E-state index in [0.717, 1.165) is 0 Å². The molecule has 0 aromatic heterocycles. The number of benzene rings is 2. The van der Waals surface area contributed by atoms with Crippen LogP contribution in [0.3, 0.4) is 0 Å². The van der Waals surface area contributed by atoms with Crippen LogP contribution in [-0.2, 0) is 4.79 Å². The van der Waals surface area contributed by atoms with E-state index in [1.165, 1.54) is 12.0 Å². The van der Waals surface area contributed by atoms with Crippen molar-refractivity contribution in [2.24, 2.45) is 0 Å². The van der Waals surface area contributed by atoms with Crippen molar-refractivity contribution in [3.05, 3.63) is 60.7 Å². The molecule has 1 amide bonds. The zero-order valence-electron chi connectivity index (χ0n) is 9.54. The minimum Gasteiger partial charge on any atom is -0.372 e. The van der Waals surface area contributed by atoms with Crippen LogP contribution in [0.5, 0.6) is 5.75 Å². The first-order valence-electron chi connectivity index (χ1n) is 5.36. The maximum atomic E-state index is 11.5. The number of anilines is 1. The number of rotatable bonds is 3. The molecule has 17 heavy (non-hydrogen) atoms. The van der Waals surface area contributed by atoms with Crippen LogP contribution in [0.4, 0.5) is 5.69 Å². The minimum absolute atomic E-state index is 0.167. The molecule has 2 aromatic carbocycles. The second-order valence-corrected chi connectivity index (χ2v) is 3.55. The first kappa shape index (κ1) is 11.2.